The van der Waals surface area contributed by atoms with Crippen molar-refractivity contribution in [3.63, 3.8) is 0 Å². The van der Waals surface area contributed by atoms with Gasteiger partial charge in [0.15, 0.2) is 0 Å². The smallest absolute Gasteiger partial charge is 0.283 e. The normalized spacial score (nSPS) is 12.8. The fraction of sp³-hybridized carbons (Fsp3) is 0.0938. The lowest BCUT2D eigenvalue weighted by Crippen LogP contribution is -2.32. The van der Waals surface area contributed by atoms with Crippen molar-refractivity contribution in [2.45, 2.75) is 6.61 Å². The van der Waals surface area contributed by atoms with Gasteiger partial charge in [0.2, 0.25) is 0 Å². The molecule has 0 fully saturated rings. The van der Waals surface area contributed by atoms with Crippen LogP contribution in [0.1, 0.15) is 15.9 Å². The van der Waals surface area contributed by atoms with Crippen LogP contribution in [0.2, 0.25) is 0 Å². The van der Waals surface area contributed by atoms with Crippen LogP contribution in [-0.2, 0) is 16.2 Å². The van der Waals surface area contributed by atoms with Crippen LogP contribution in [0.4, 0.5) is 17.1 Å². The number of rotatable bonds is 10. The molecule has 42 heavy (non-hydrogen) atoms. The quantitative estimate of drug-likeness (QED) is 0.222. The molecule has 0 saturated carbocycles. The van der Waals surface area contributed by atoms with Crippen molar-refractivity contribution < 1.29 is 28.6 Å². The fourth-order valence-electron chi connectivity index (χ4n) is 4.26. The molecule has 4 aromatic carbocycles. The molecule has 0 aliphatic carbocycles. The van der Waals surface area contributed by atoms with E-state index in [2.05, 4.69) is 10.6 Å². The number of amides is 3. The number of anilines is 3. The van der Waals surface area contributed by atoms with E-state index < -0.39 is 11.8 Å². The maximum absolute atomic E-state index is 13.3. The van der Waals surface area contributed by atoms with Gasteiger partial charge in [-0.25, -0.2) is 4.90 Å². The lowest BCUT2D eigenvalue weighted by Gasteiger charge is -2.19. The van der Waals surface area contributed by atoms with E-state index in [-0.39, 0.29) is 28.1 Å². The van der Waals surface area contributed by atoms with Crippen LogP contribution >= 0.6 is 11.6 Å². The second kappa shape index (κ2) is 12.5. The van der Waals surface area contributed by atoms with Crippen molar-refractivity contribution in [2.24, 2.45) is 0 Å². The minimum Gasteiger partial charge on any atom is -0.497 e. The Bertz CT molecular complexity index is 1670. The molecule has 9 nitrogen and oxygen atoms in total. The Labute approximate surface area is 247 Å². The summed E-state index contributed by atoms with van der Waals surface area (Å²) >= 11 is 6.31. The zero-order valence-corrected chi connectivity index (χ0v) is 23.5. The number of hydrogen-bond acceptors (Lipinski definition) is 7. The van der Waals surface area contributed by atoms with Crippen LogP contribution in [0.15, 0.2) is 108 Å². The molecule has 4 aromatic rings. The summed E-state index contributed by atoms with van der Waals surface area (Å²) in [7, 11) is 2.90. The molecule has 0 unspecified atom stereocenters. The summed E-state index contributed by atoms with van der Waals surface area (Å²) in [6.07, 6.45) is 0. The zero-order chi connectivity index (χ0) is 29.6. The Kier molecular flexibility index (Phi) is 8.40. The van der Waals surface area contributed by atoms with E-state index in [9.17, 15) is 14.4 Å². The van der Waals surface area contributed by atoms with Gasteiger partial charge in [-0.15, -0.1) is 0 Å². The van der Waals surface area contributed by atoms with Gasteiger partial charge in [-0.05, 0) is 60.2 Å². The number of ether oxygens (including phenoxy) is 3. The SMILES string of the molecule is COc1ccc(OC)c(N2C(=O)C(Cl)=C(Nc3cccc(C(=O)Nc4ccc(OCc5ccccc5)cc4)c3)C2=O)c1. The highest BCUT2D eigenvalue weighted by Crippen LogP contribution is 2.38. The van der Waals surface area contributed by atoms with Crippen LogP contribution in [-0.4, -0.2) is 31.9 Å². The second-order valence-corrected chi connectivity index (χ2v) is 9.51. The van der Waals surface area contributed by atoms with Crippen LogP contribution in [0, 0.1) is 0 Å². The van der Waals surface area contributed by atoms with Crippen LogP contribution < -0.4 is 29.7 Å². The number of methoxy groups -OCH3 is 2. The minimum absolute atomic E-state index is 0.129. The molecule has 1 aliphatic heterocycles. The first-order chi connectivity index (χ1) is 20.4. The van der Waals surface area contributed by atoms with E-state index in [0.717, 1.165) is 10.5 Å². The van der Waals surface area contributed by atoms with Crippen LogP contribution in [0.3, 0.4) is 0 Å². The molecular weight excluding hydrogens is 558 g/mol. The van der Waals surface area contributed by atoms with E-state index in [4.69, 9.17) is 25.8 Å². The Morgan fingerprint density at radius 1 is 0.786 bits per heavy atom. The Morgan fingerprint density at radius 3 is 2.24 bits per heavy atom. The lowest BCUT2D eigenvalue weighted by atomic mass is 10.1. The van der Waals surface area contributed by atoms with Gasteiger partial charge in [-0.1, -0.05) is 48.0 Å². The van der Waals surface area contributed by atoms with Crippen molar-refractivity contribution in [3.05, 3.63) is 119 Å². The number of hydrogen-bond donors (Lipinski definition) is 2. The molecule has 1 heterocycles. The molecule has 3 amide bonds. The first-order valence-electron chi connectivity index (χ1n) is 12.8. The average molecular weight is 584 g/mol. The molecule has 0 spiro atoms. The molecule has 0 saturated heterocycles. The number of carbonyl (C=O) groups is 3. The topological polar surface area (TPSA) is 106 Å². The number of nitrogens with zero attached hydrogens (tertiary/aromatic N) is 1. The van der Waals surface area contributed by atoms with Gasteiger partial charge >= 0.3 is 0 Å². The summed E-state index contributed by atoms with van der Waals surface area (Å²) in [6, 6.07) is 28.1. The van der Waals surface area contributed by atoms with Crippen molar-refractivity contribution in [1.29, 1.82) is 0 Å². The molecule has 212 valence electrons. The molecule has 0 radical (unpaired) electrons. The summed E-state index contributed by atoms with van der Waals surface area (Å²) in [4.78, 5) is 40.2. The molecule has 1 aliphatic rings. The number of halogens is 1. The van der Waals surface area contributed by atoms with E-state index in [1.807, 2.05) is 30.3 Å². The number of imide groups is 1. The van der Waals surface area contributed by atoms with Crippen LogP contribution in [0.5, 0.6) is 17.2 Å². The molecular formula is C32H26ClN3O6. The summed E-state index contributed by atoms with van der Waals surface area (Å²) in [5.74, 6) is -0.380. The second-order valence-electron chi connectivity index (χ2n) is 9.13. The third-order valence-corrected chi connectivity index (χ3v) is 6.76. The first kappa shape index (κ1) is 28.3. The molecule has 10 heteroatoms. The van der Waals surface area contributed by atoms with E-state index in [1.165, 1.54) is 20.3 Å². The van der Waals surface area contributed by atoms with Crippen molar-refractivity contribution in [2.75, 3.05) is 29.8 Å². The number of nitrogens with one attached hydrogen (secondary N) is 2. The van der Waals surface area contributed by atoms with Crippen molar-refractivity contribution >= 4 is 46.4 Å². The third kappa shape index (κ3) is 6.06. The van der Waals surface area contributed by atoms with E-state index in [1.54, 1.807) is 60.7 Å². The van der Waals surface area contributed by atoms with Gasteiger partial charge in [-0.2, -0.15) is 0 Å². The van der Waals surface area contributed by atoms with Gasteiger partial charge in [-0.3, -0.25) is 14.4 Å². The minimum atomic E-state index is -0.721. The Balaban J connectivity index is 1.26. The third-order valence-electron chi connectivity index (χ3n) is 6.41. The molecule has 0 aromatic heterocycles. The molecule has 0 bridgehead atoms. The monoisotopic (exact) mass is 583 g/mol. The predicted octanol–water partition coefficient (Wildman–Crippen LogP) is 5.97. The first-order valence-corrected chi connectivity index (χ1v) is 13.2. The van der Waals surface area contributed by atoms with Gasteiger partial charge in [0, 0.05) is 23.0 Å². The van der Waals surface area contributed by atoms with Gasteiger partial charge in [0.25, 0.3) is 17.7 Å². The lowest BCUT2D eigenvalue weighted by molar-refractivity contribution is -0.120. The highest BCUT2D eigenvalue weighted by molar-refractivity contribution is 6.53. The molecule has 0 atom stereocenters. The summed E-state index contributed by atoms with van der Waals surface area (Å²) in [5.41, 5.74) is 2.40. The highest BCUT2D eigenvalue weighted by atomic mass is 35.5. The molecule has 5 rings (SSSR count). The zero-order valence-electron chi connectivity index (χ0n) is 22.7. The molecule has 2 N–H and O–H groups in total. The number of carbonyl (C=O) groups excluding carboxylic acids is 3. The summed E-state index contributed by atoms with van der Waals surface area (Å²) in [5, 5.41) is 5.44. The average Bonchev–Trinajstić information content (AvgIpc) is 3.23. The largest absolute Gasteiger partial charge is 0.497 e. The van der Waals surface area contributed by atoms with Crippen molar-refractivity contribution in [1.82, 2.24) is 0 Å². The van der Waals surface area contributed by atoms with Gasteiger partial charge in [0.1, 0.15) is 34.6 Å². The standard InChI is InChI=1S/C32H26ClN3O6/c1-40-25-15-16-27(41-2)26(18-25)36-31(38)28(33)29(32(36)39)34-23-10-6-9-21(17-23)30(37)35-22-11-13-24(14-12-22)42-19-20-7-4-3-5-8-20/h3-18,34H,19H2,1-2H3,(H,35,37). The van der Waals surface area contributed by atoms with Gasteiger partial charge < -0.3 is 24.8 Å². The highest BCUT2D eigenvalue weighted by Gasteiger charge is 2.40. The Morgan fingerprint density at radius 2 is 1.52 bits per heavy atom. The Hall–Kier alpha value is -5.28. The summed E-state index contributed by atoms with van der Waals surface area (Å²) in [6.45, 7) is 0.436. The maximum atomic E-state index is 13.3. The number of benzene rings is 4. The van der Waals surface area contributed by atoms with E-state index >= 15 is 0 Å². The van der Waals surface area contributed by atoms with Gasteiger partial charge in [0.05, 0.1) is 19.9 Å². The fourth-order valence-corrected chi connectivity index (χ4v) is 4.48. The maximum Gasteiger partial charge on any atom is 0.283 e. The summed E-state index contributed by atoms with van der Waals surface area (Å²) < 4.78 is 16.4. The van der Waals surface area contributed by atoms with Crippen LogP contribution in [0.25, 0.3) is 0 Å². The van der Waals surface area contributed by atoms with E-state index in [0.29, 0.717) is 35.0 Å². The predicted molar refractivity (Wildman–Crippen MR) is 160 cm³/mol. The van der Waals surface area contributed by atoms with Crippen molar-refractivity contribution in [3.8, 4) is 17.2 Å².